The van der Waals surface area contributed by atoms with E-state index in [1.54, 1.807) is 13.8 Å². The van der Waals surface area contributed by atoms with Crippen LogP contribution in [0.1, 0.15) is 43.5 Å². The van der Waals surface area contributed by atoms with Crippen molar-refractivity contribution in [1.29, 1.82) is 0 Å². The molecule has 1 N–H and O–H groups in total. The number of carbonyl (C=O) groups excluding carboxylic acids is 2. The predicted molar refractivity (Wildman–Crippen MR) is 92.6 cm³/mol. The number of ether oxygens (including phenoxy) is 1. The first-order valence-electron chi connectivity index (χ1n) is 8.37. The maximum absolute atomic E-state index is 12.7. The van der Waals surface area contributed by atoms with Crippen LogP contribution in [0.25, 0.3) is 0 Å². The summed E-state index contributed by atoms with van der Waals surface area (Å²) in [5, 5.41) is 2.61. The van der Waals surface area contributed by atoms with Crippen LogP contribution in [0.3, 0.4) is 0 Å². The average Bonchev–Trinajstić information content (AvgIpc) is 2.60. The van der Waals surface area contributed by atoms with Gasteiger partial charge >= 0.3 is 5.97 Å². The number of esters is 1. The average molecular weight is 368 g/mol. The summed E-state index contributed by atoms with van der Waals surface area (Å²) in [5.74, 6) is -1.13. The Bertz CT molecular complexity index is 724. The summed E-state index contributed by atoms with van der Waals surface area (Å²) in [4.78, 5) is 23.7. The van der Waals surface area contributed by atoms with Crippen LogP contribution in [-0.2, 0) is 19.6 Å². The third-order valence-electron chi connectivity index (χ3n) is 3.81. The third kappa shape index (κ3) is 5.27. The van der Waals surface area contributed by atoms with Gasteiger partial charge in [0.25, 0.3) is 5.91 Å². The van der Waals surface area contributed by atoms with Gasteiger partial charge in [-0.05, 0) is 44.9 Å². The summed E-state index contributed by atoms with van der Waals surface area (Å²) in [6.07, 6.45) is 2.70. The van der Waals surface area contributed by atoms with Crippen molar-refractivity contribution in [2.45, 2.75) is 44.0 Å². The molecule has 1 aliphatic rings. The van der Waals surface area contributed by atoms with Gasteiger partial charge in [-0.3, -0.25) is 4.79 Å². The zero-order chi connectivity index (χ0) is 18.4. The van der Waals surface area contributed by atoms with Crippen molar-refractivity contribution < 1.29 is 22.7 Å². The van der Waals surface area contributed by atoms with E-state index in [4.69, 9.17) is 4.74 Å². The topological polar surface area (TPSA) is 92.8 Å². The highest BCUT2D eigenvalue weighted by atomic mass is 32.2. The molecule has 0 aromatic heterocycles. The summed E-state index contributed by atoms with van der Waals surface area (Å²) >= 11 is 0. The molecule has 25 heavy (non-hydrogen) atoms. The van der Waals surface area contributed by atoms with Crippen molar-refractivity contribution in [3.8, 4) is 0 Å². The number of carbonyl (C=O) groups is 2. The Morgan fingerprint density at radius 1 is 1.20 bits per heavy atom. The van der Waals surface area contributed by atoms with Gasteiger partial charge in [0.2, 0.25) is 10.0 Å². The minimum Gasteiger partial charge on any atom is -0.452 e. The molecular formula is C17H24N2O5S. The first-order valence-corrected chi connectivity index (χ1v) is 9.81. The number of nitrogens with one attached hydrogen (secondary N) is 1. The summed E-state index contributed by atoms with van der Waals surface area (Å²) in [6, 6.07) is 5.68. The fourth-order valence-corrected chi connectivity index (χ4v) is 4.18. The molecule has 1 fully saturated rings. The lowest BCUT2D eigenvalue weighted by Crippen LogP contribution is -2.35. The van der Waals surface area contributed by atoms with E-state index in [-0.39, 0.29) is 16.5 Å². The van der Waals surface area contributed by atoms with Crippen molar-refractivity contribution in [2.75, 3.05) is 19.7 Å². The number of rotatable bonds is 6. The number of sulfonamides is 1. The first kappa shape index (κ1) is 19.4. The monoisotopic (exact) mass is 368 g/mol. The number of amides is 1. The quantitative estimate of drug-likeness (QED) is 0.769. The van der Waals surface area contributed by atoms with Crippen LogP contribution in [-0.4, -0.2) is 50.3 Å². The highest BCUT2D eigenvalue weighted by Gasteiger charge is 2.26. The first-order chi connectivity index (χ1) is 11.8. The van der Waals surface area contributed by atoms with Crippen molar-refractivity contribution >= 4 is 21.9 Å². The Hall–Kier alpha value is -1.93. The molecule has 0 unspecified atom stereocenters. The zero-order valence-electron chi connectivity index (χ0n) is 14.5. The van der Waals surface area contributed by atoms with Gasteiger partial charge in [-0.25, -0.2) is 13.2 Å². The fourth-order valence-electron chi connectivity index (χ4n) is 2.62. The van der Waals surface area contributed by atoms with Gasteiger partial charge in [0.05, 0.1) is 10.5 Å². The predicted octanol–water partition coefficient (Wildman–Crippen LogP) is 1.54. The van der Waals surface area contributed by atoms with Crippen molar-refractivity contribution in [2.24, 2.45) is 0 Å². The van der Waals surface area contributed by atoms with Gasteiger partial charge in [-0.1, -0.05) is 12.5 Å². The van der Waals surface area contributed by atoms with E-state index in [0.717, 1.165) is 19.3 Å². The molecule has 1 saturated heterocycles. The SMILES string of the molecule is CC(C)NC(=O)COC(=O)c1cccc(S(=O)(=O)N2CCCCC2)c1. The van der Waals surface area contributed by atoms with Crippen LogP contribution in [0.5, 0.6) is 0 Å². The lowest BCUT2D eigenvalue weighted by atomic mass is 10.2. The largest absolute Gasteiger partial charge is 0.452 e. The van der Waals surface area contributed by atoms with E-state index in [2.05, 4.69) is 5.32 Å². The van der Waals surface area contributed by atoms with Gasteiger partial charge in [-0.2, -0.15) is 4.31 Å². The second-order valence-electron chi connectivity index (χ2n) is 6.29. The molecule has 0 saturated carbocycles. The Balaban J connectivity index is 2.07. The number of hydrogen-bond donors (Lipinski definition) is 1. The van der Waals surface area contributed by atoms with Crippen LogP contribution in [0.4, 0.5) is 0 Å². The molecular weight excluding hydrogens is 344 g/mol. The molecule has 7 nitrogen and oxygen atoms in total. The molecule has 0 aliphatic carbocycles. The van der Waals surface area contributed by atoms with Crippen LogP contribution >= 0.6 is 0 Å². The molecule has 0 atom stereocenters. The van der Waals surface area contributed by atoms with Crippen molar-refractivity contribution in [3.05, 3.63) is 29.8 Å². The molecule has 0 spiro atoms. The molecule has 8 heteroatoms. The lowest BCUT2D eigenvalue weighted by Gasteiger charge is -2.25. The maximum atomic E-state index is 12.7. The summed E-state index contributed by atoms with van der Waals surface area (Å²) in [6.45, 7) is 4.18. The number of benzene rings is 1. The minimum atomic E-state index is -3.62. The van der Waals surface area contributed by atoms with Gasteiger partial charge in [0.15, 0.2) is 6.61 Å². The van der Waals surface area contributed by atoms with E-state index in [1.807, 2.05) is 0 Å². The Morgan fingerprint density at radius 3 is 2.52 bits per heavy atom. The van der Waals surface area contributed by atoms with Crippen LogP contribution < -0.4 is 5.32 Å². The normalized spacial score (nSPS) is 15.8. The van der Waals surface area contributed by atoms with Gasteiger partial charge in [-0.15, -0.1) is 0 Å². The molecule has 1 aliphatic heterocycles. The standard InChI is InChI=1S/C17H24N2O5S/c1-13(2)18-16(20)12-24-17(21)14-7-6-8-15(11-14)25(22,23)19-9-4-3-5-10-19/h6-8,11,13H,3-5,9-10,12H2,1-2H3,(H,18,20). The molecule has 0 radical (unpaired) electrons. The molecule has 0 bridgehead atoms. The van der Waals surface area contributed by atoms with E-state index in [1.165, 1.54) is 28.6 Å². The minimum absolute atomic E-state index is 0.0517. The molecule has 2 rings (SSSR count). The van der Waals surface area contributed by atoms with Crippen molar-refractivity contribution in [1.82, 2.24) is 9.62 Å². The van der Waals surface area contributed by atoms with Crippen molar-refractivity contribution in [3.63, 3.8) is 0 Å². The molecule has 1 aromatic rings. The fraction of sp³-hybridized carbons (Fsp3) is 0.529. The highest BCUT2D eigenvalue weighted by molar-refractivity contribution is 7.89. The van der Waals surface area contributed by atoms with Gasteiger partial charge in [0.1, 0.15) is 0 Å². The smallest absolute Gasteiger partial charge is 0.338 e. The summed E-state index contributed by atoms with van der Waals surface area (Å²) < 4.78 is 31.7. The lowest BCUT2D eigenvalue weighted by molar-refractivity contribution is -0.124. The highest BCUT2D eigenvalue weighted by Crippen LogP contribution is 2.21. The third-order valence-corrected chi connectivity index (χ3v) is 5.70. The van der Waals surface area contributed by atoms with Crippen LogP contribution in [0.2, 0.25) is 0 Å². The number of hydrogen-bond acceptors (Lipinski definition) is 5. The summed E-state index contributed by atoms with van der Waals surface area (Å²) in [7, 11) is -3.62. The molecule has 138 valence electrons. The number of nitrogens with zero attached hydrogens (tertiary/aromatic N) is 1. The second-order valence-corrected chi connectivity index (χ2v) is 8.23. The van der Waals surface area contributed by atoms with E-state index >= 15 is 0 Å². The summed E-state index contributed by atoms with van der Waals surface area (Å²) in [5.41, 5.74) is 0.107. The Kier molecular flexibility index (Phi) is 6.55. The maximum Gasteiger partial charge on any atom is 0.338 e. The Labute approximate surface area is 148 Å². The molecule has 1 amide bonds. The Morgan fingerprint density at radius 2 is 1.88 bits per heavy atom. The van der Waals surface area contributed by atoms with E-state index in [9.17, 15) is 18.0 Å². The van der Waals surface area contributed by atoms with Crippen LogP contribution in [0, 0.1) is 0 Å². The molecule has 1 heterocycles. The number of piperidine rings is 1. The van der Waals surface area contributed by atoms with E-state index in [0.29, 0.717) is 13.1 Å². The van der Waals surface area contributed by atoms with E-state index < -0.39 is 28.5 Å². The van der Waals surface area contributed by atoms with Gasteiger partial charge < -0.3 is 10.1 Å². The second kappa shape index (κ2) is 8.44. The molecule has 1 aromatic carbocycles. The zero-order valence-corrected chi connectivity index (χ0v) is 15.3. The van der Waals surface area contributed by atoms with Gasteiger partial charge in [0, 0.05) is 19.1 Å². The van der Waals surface area contributed by atoms with Crippen LogP contribution in [0.15, 0.2) is 29.2 Å².